The van der Waals surface area contributed by atoms with Gasteiger partial charge in [-0.2, -0.15) is 0 Å². The number of amides is 2. The van der Waals surface area contributed by atoms with Gasteiger partial charge in [0.2, 0.25) is 11.8 Å². The Hall–Kier alpha value is -2.37. The van der Waals surface area contributed by atoms with Crippen LogP contribution in [-0.4, -0.2) is 47.4 Å². The molecule has 26 heavy (non-hydrogen) atoms. The third kappa shape index (κ3) is 3.89. The first-order valence-electron chi connectivity index (χ1n) is 9.27. The molecule has 2 atom stereocenters. The minimum Gasteiger partial charge on any atom is -0.481 e. The van der Waals surface area contributed by atoms with E-state index in [1.165, 1.54) is 0 Å². The highest BCUT2D eigenvalue weighted by Crippen LogP contribution is 2.32. The van der Waals surface area contributed by atoms with Gasteiger partial charge < -0.3 is 15.3 Å². The SMILES string of the molecule is CC(CNC(=O)C1CCCN(C(=O)C2CC2)C1)(C(=O)O)c1ccccc1. The number of carboxylic acid groups (broad SMARTS) is 1. The highest BCUT2D eigenvalue weighted by Gasteiger charge is 2.38. The van der Waals surface area contributed by atoms with E-state index in [1.54, 1.807) is 36.1 Å². The smallest absolute Gasteiger partial charge is 0.315 e. The summed E-state index contributed by atoms with van der Waals surface area (Å²) in [5.41, 5.74) is -0.531. The van der Waals surface area contributed by atoms with Gasteiger partial charge in [-0.25, -0.2) is 0 Å². The van der Waals surface area contributed by atoms with Crippen LogP contribution in [0.1, 0.15) is 38.2 Å². The first-order valence-corrected chi connectivity index (χ1v) is 9.27. The molecular weight excluding hydrogens is 332 g/mol. The Morgan fingerprint density at radius 2 is 1.85 bits per heavy atom. The van der Waals surface area contributed by atoms with E-state index in [1.807, 2.05) is 6.07 Å². The molecule has 3 rings (SSSR count). The number of rotatable bonds is 6. The molecule has 6 nitrogen and oxygen atoms in total. The van der Waals surface area contributed by atoms with Gasteiger partial charge in [0.25, 0.3) is 0 Å². The Bertz CT molecular complexity index is 686. The fraction of sp³-hybridized carbons (Fsp3) is 0.550. The molecule has 1 saturated carbocycles. The first-order chi connectivity index (χ1) is 12.4. The van der Waals surface area contributed by atoms with Crippen molar-refractivity contribution >= 4 is 17.8 Å². The second kappa shape index (κ2) is 7.48. The Kier molecular flexibility index (Phi) is 5.30. The average molecular weight is 358 g/mol. The number of benzene rings is 1. The molecule has 0 spiro atoms. The molecule has 2 amide bonds. The molecule has 2 aliphatic rings. The number of hydrogen-bond acceptors (Lipinski definition) is 3. The van der Waals surface area contributed by atoms with E-state index in [-0.39, 0.29) is 30.2 Å². The van der Waals surface area contributed by atoms with Gasteiger partial charge in [0.05, 0.1) is 5.92 Å². The summed E-state index contributed by atoms with van der Waals surface area (Å²) >= 11 is 0. The summed E-state index contributed by atoms with van der Waals surface area (Å²) in [4.78, 5) is 38.5. The van der Waals surface area contributed by atoms with Crippen LogP contribution in [-0.2, 0) is 19.8 Å². The molecule has 1 aliphatic carbocycles. The maximum atomic E-state index is 12.6. The topological polar surface area (TPSA) is 86.7 Å². The van der Waals surface area contributed by atoms with Crippen molar-refractivity contribution in [2.75, 3.05) is 19.6 Å². The fourth-order valence-corrected chi connectivity index (χ4v) is 3.50. The Labute approximate surface area is 153 Å². The van der Waals surface area contributed by atoms with Crippen LogP contribution in [0.3, 0.4) is 0 Å². The minimum absolute atomic E-state index is 0.0260. The summed E-state index contributed by atoms with van der Waals surface area (Å²) in [5, 5.41) is 12.5. The van der Waals surface area contributed by atoms with Gasteiger partial charge in [0.15, 0.2) is 0 Å². The van der Waals surface area contributed by atoms with Crippen molar-refractivity contribution in [1.82, 2.24) is 10.2 Å². The van der Waals surface area contributed by atoms with Crippen molar-refractivity contribution in [3.8, 4) is 0 Å². The third-order valence-electron chi connectivity index (χ3n) is 5.53. The van der Waals surface area contributed by atoms with Crippen molar-refractivity contribution in [1.29, 1.82) is 0 Å². The molecule has 0 aromatic heterocycles. The zero-order valence-corrected chi connectivity index (χ0v) is 15.1. The van der Waals surface area contributed by atoms with Gasteiger partial charge in [0.1, 0.15) is 5.41 Å². The number of carbonyl (C=O) groups excluding carboxylic acids is 2. The molecule has 2 fully saturated rings. The number of carbonyl (C=O) groups is 3. The summed E-state index contributed by atoms with van der Waals surface area (Å²) in [6, 6.07) is 8.94. The molecule has 140 valence electrons. The van der Waals surface area contributed by atoms with E-state index in [4.69, 9.17) is 0 Å². The van der Waals surface area contributed by atoms with Crippen LogP contribution in [0.25, 0.3) is 0 Å². The molecule has 0 radical (unpaired) electrons. The number of nitrogens with zero attached hydrogens (tertiary/aromatic N) is 1. The monoisotopic (exact) mass is 358 g/mol. The van der Waals surface area contributed by atoms with Crippen LogP contribution in [0.15, 0.2) is 30.3 Å². The van der Waals surface area contributed by atoms with Gasteiger partial charge in [-0.3, -0.25) is 14.4 Å². The highest BCUT2D eigenvalue weighted by molar-refractivity contribution is 5.85. The van der Waals surface area contributed by atoms with E-state index < -0.39 is 11.4 Å². The fourth-order valence-electron chi connectivity index (χ4n) is 3.50. The maximum Gasteiger partial charge on any atom is 0.315 e. The third-order valence-corrected chi connectivity index (χ3v) is 5.53. The highest BCUT2D eigenvalue weighted by atomic mass is 16.4. The van der Waals surface area contributed by atoms with Gasteiger partial charge in [-0.15, -0.1) is 0 Å². The summed E-state index contributed by atoms with van der Waals surface area (Å²) in [6.45, 7) is 2.80. The van der Waals surface area contributed by atoms with Crippen LogP contribution in [0.5, 0.6) is 0 Å². The predicted molar refractivity (Wildman–Crippen MR) is 96.5 cm³/mol. The van der Waals surface area contributed by atoms with Crippen LogP contribution < -0.4 is 5.32 Å². The van der Waals surface area contributed by atoms with Gasteiger partial charge >= 0.3 is 5.97 Å². The lowest BCUT2D eigenvalue weighted by atomic mass is 9.82. The van der Waals surface area contributed by atoms with Gasteiger partial charge in [-0.05, 0) is 38.2 Å². The Morgan fingerprint density at radius 1 is 1.15 bits per heavy atom. The molecule has 1 saturated heterocycles. The van der Waals surface area contributed by atoms with Gasteiger partial charge in [-0.1, -0.05) is 30.3 Å². The van der Waals surface area contributed by atoms with E-state index in [0.29, 0.717) is 12.1 Å². The van der Waals surface area contributed by atoms with Crippen LogP contribution in [0, 0.1) is 11.8 Å². The van der Waals surface area contributed by atoms with E-state index >= 15 is 0 Å². The molecular formula is C20H26N2O4. The summed E-state index contributed by atoms with van der Waals surface area (Å²) in [6.07, 6.45) is 3.46. The van der Waals surface area contributed by atoms with Crippen molar-refractivity contribution in [2.45, 2.75) is 38.0 Å². The largest absolute Gasteiger partial charge is 0.481 e. The van der Waals surface area contributed by atoms with Crippen LogP contribution in [0.4, 0.5) is 0 Å². The van der Waals surface area contributed by atoms with Crippen molar-refractivity contribution in [3.05, 3.63) is 35.9 Å². The standard InChI is InChI=1S/C20H26N2O4/c1-20(19(25)26,16-7-3-2-4-8-16)13-21-17(23)15-6-5-11-22(12-15)18(24)14-9-10-14/h2-4,7-8,14-15H,5-6,9-13H2,1H3,(H,21,23)(H,25,26). The Balaban J connectivity index is 1.61. The van der Waals surface area contributed by atoms with E-state index in [2.05, 4.69) is 5.32 Å². The average Bonchev–Trinajstić information content (AvgIpc) is 3.51. The second-order valence-electron chi connectivity index (χ2n) is 7.62. The quantitative estimate of drug-likeness (QED) is 0.812. The molecule has 1 aromatic rings. The van der Waals surface area contributed by atoms with Crippen LogP contribution >= 0.6 is 0 Å². The molecule has 2 N–H and O–H groups in total. The summed E-state index contributed by atoms with van der Waals surface area (Å²) in [7, 11) is 0. The van der Waals surface area contributed by atoms with Crippen molar-refractivity contribution in [3.63, 3.8) is 0 Å². The second-order valence-corrected chi connectivity index (χ2v) is 7.62. The molecule has 2 unspecified atom stereocenters. The van der Waals surface area contributed by atoms with E-state index in [0.717, 1.165) is 32.2 Å². The number of carboxylic acids is 1. The molecule has 1 aliphatic heterocycles. The van der Waals surface area contributed by atoms with Crippen molar-refractivity contribution < 1.29 is 19.5 Å². The lowest BCUT2D eigenvalue weighted by Gasteiger charge is -2.33. The lowest BCUT2D eigenvalue weighted by Crippen LogP contribution is -2.49. The maximum absolute atomic E-state index is 12.6. The van der Waals surface area contributed by atoms with Gasteiger partial charge in [0, 0.05) is 25.6 Å². The van der Waals surface area contributed by atoms with Crippen LogP contribution in [0.2, 0.25) is 0 Å². The van der Waals surface area contributed by atoms with E-state index in [9.17, 15) is 19.5 Å². The predicted octanol–water partition coefficient (Wildman–Crippen LogP) is 1.79. The molecule has 0 bridgehead atoms. The van der Waals surface area contributed by atoms with Crippen molar-refractivity contribution in [2.24, 2.45) is 11.8 Å². The number of likely N-dealkylation sites (tertiary alicyclic amines) is 1. The zero-order valence-electron chi connectivity index (χ0n) is 15.1. The normalized spacial score (nSPS) is 22.3. The molecule has 1 aromatic carbocycles. The number of piperidine rings is 1. The number of hydrogen-bond donors (Lipinski definition) is 2. The molecule has 6 heteroatoms. The number of nitrogens with one attached hydrogen (secondary N) is 1. The number of aliphatic carboxylic acids is 1. The first kappa shape index (κ1) is 18.4. The zero-order chi connectivity index (χ0) is 18.7. The summed E-state index contributed by atoms with van der Waals surface area (Å²) < 4.78 is 0. The Morgan fingerprint density at radius 3 is 2.46 bits per heavy atom. The molecule has 1 heterocycles. The lowest BCUT2D eigenvalue weighted by molar-refractivity contribution is -0.143. The summed E-state index contributed by atoms with van der Waals surface area (Å²) in [5.74, 6) is -1.08. The minimum atomic E-state index is -1.19.